The molecule has 1 aromatic carbocycles. The van der Waals surface area contributed by atoms with Gasteiger partial charge in [0.15, 0.2) is 0 Å². The number of thioether (sulfide) groups is 1. The molecule has 6 nitrogen and oxygen atoms in total. The van der Waals surface area contributed by atoms with Crippen LogP contribution in [0.2, 0.25) is 6.04 Å². The molecule has 1 rings (SSSR count). The molecule has 0 saturated heterocycles. The van der Waals surface area contributed by atoms with Crippen molar-refractivity contribution in [2.45, 2.75) is 24.6 Å². The van der Waals surface area contributed by atoms with Gasteiger partial charge in [0.25, 0.3) is 5.69 Å². The van der Waals surface area contributed by atoms with Crippen molar-refractivity contribution in [3.8, 4) is 0 Å². The maximum Gasteiger partial charge on any atom is 0.500 e. The van der Waals surface area contributed by atoms with Crippen LogP contribution in [0.5, 0.6) is 0 Å². The Bertz CT molecular complexity index is 476. The number of benzene rings is 1. The summed E-state index contributed by atoms with van der Waals surface area (Å²) in [7, 11) is 2.28. The molecule has 0 aliphatic carbocycles. The fourth-order valence-electron chi connectivity index (χ4n) is 2.19. The monoisotopic (exact) mass is 345 g/mol. The van der Waals surface area contributed by atoms with Crippen LogP contribution in [-0.4, -0.2) is 40.8 Å². The third-order valence-corrected chi connectivity index (χ3v) is 7.61. The summed E-state index contributed by atoms with van der Waals surface area (Å²) in [6.07, 6.45) is 0.872. The lowest BCUT2D eigenvalue weighted by Crippen LogP contribution is -2.42. The molecule has 0 saturated carbocycles. The Balaban J connectivity index is 2.54. The first-order chi connectivity index (χ1) is 10.5. The number of nitrogens with zero attached hydrogens (tertiary/aromatic N) is 1. The molecule has 0 radical (unpaired) electrons. The number of rotatable bonds is 10. The lowest BCUT2D eigenvalue weighted by Gasteiger charge is -2.24. The predicted octanol–water partition coefficient (Wildman–Crippen LogP) is 3.66. The van der Waals surface area contributed by atoms with Crippen LogP contribution in [0.15, 0.2) is 24.3 Å². The van der Waals surface area contributed by atoms with Crippen LogP contribution in [0.25, 0.3) is 0 Å². The van der Waals surface area contributed by atoms with Gasteiger partial charge >= 0.3 is 8.80 Å². The molecule has 22 heavy (non-hydrogen) atoms. The maximum absolute atomic E-state index is 11.1. The third kappa shape index (κ3) is 5.06. The van der Waals surface area contributed by atoms with E-state index in [1.54, 1.807) is 45.2 Å². The standard InChI is InChI=1S/C14H23NO5SSi/c1-12(13-8-5-6-9-14(13)15(16)17)21-10-7-11-22(18-2,19-3)20-4/h5-6,8-9,12H,7,10-11H2,1-4H3. The fourth-order valence-corrected chi connectivity index (χ4v) is 5.21. The number of hydrogen-bond acceptors (Lipinski definition) is 6. The van der Waals surface area contributed by atoms with Gasteiger partial charge in [-0.1, -0.05) is 18.2 Å². The number of nitro benzene ring substituents is 1. The number of para-hydroxylation sites is 1. The molecule has 0 spiro atoms. The topological polar surface area (TPSA) is 70.8 Å². The average Bonchev–Trinajstić information content (AvgIpc) is 2.55. The molecule has 0 aromatic heterocycles. The summed E-state index contributed by atoms with van der Waals surface area (Å²) in [5.41, 5.74) is 0.933. The molecule has 1 aromatic rings. The van der Waals surface area contributed by atoms with Crippen LogP contribution in [0.3, 0.4) is 0 Å². The van der Waals surface area contributed by atoms with Crippen LogP contribution in [0.4, 0.5) is 5.69 Å². The summed E-state index contributed by atoms with van der Waals surface area (Å²) in [4.78, 5) is 10.7. The van der Waals surface area contributed by atoms with Crippen LogP contribution >= 0.6 is 11.8 Å². The lowest BCUT2D eigenvalue weighted by molar-refractivity contribution is -0.385. The summed E-state index contributed by atoms with van der Waals surface area (Å²) in [5, 5.41) is 11.1. The van der Waals surface area contributed by atoms with E-state index in [0.717, 1.165) is 23.8 Å². The molecule has 0 fully saturated rings. The molecule has 0 aliphatic rings. The van der Waals surface area contributed by atoms with Crippen molar-refractivity contribution in [3.63, 3.8) is 0 Å². The van der Waals surface area contributed by atoms with Crippen molar-refractivity contribution in [1.82, 2.24) is 0 Å². The molecule has 0 N–H and O–H groups in total. The van der Waals surface area contributed by atoms with Crippen molar-refractivity contribution in [1.29, 1.82) is 0 Å². The molecule has 0 aliphatic heterocycles. The van der Waals surface area contributed by atoms with Crippen molar-refractivity contribution in [3.05, 3.63) is 39.9 Å². The SMILES string of the molecule is CO[Si](CCCSC(C)c1ccccc1[N+](=O)[O-])(OC)OC. The number of hydrogen-bond donors (Lipinski definition) is 0. The van der Waals surface area contributed by atoms with E-state index in [9.17, 15) is 10.1 Å². The molecule has 8 heteroatoms. The quantitative estimate of drug-likeness (QED) is 0.279. The minimum atomic E-state index is -2.52. The van der Waals surface area contributed by atoms with Crippen molar-refractivity contribution >= 4 is 26.3 Å². The smallest absolute Gasteiger partial charge is 0.377 e. The van der Waals surface area contributed by atoms with Crippen LogP contribution in [0, 0.1) is 10.1 Å². The molecule has 0 bridgehead atoms. The van der Waals surface area contributed by atoms with Gasteiger partial charge in [-0.05, 0) is 19.1 Å². The van der Waals surface area contributed by atoms with Crippen molar-refractivity contribution in [2.24, 2.45) is 0 Å². The van der Waals surface area contributed by atoms with Gasteiger partial charge in [0.05, 0.1) is 4.92 Å². The first-order valence-corrected chi connectivity index (χ1v) is 9.98. The number of nitro groups is 1. The molecule has 0 amide bonds. The second kappa shape index (κ2) is 9.26. The Labute approximate surface area is 136 Å². The van der Waals surface area contributed by atoms with Crippen molar-refractivity contribution < 1.29 is 18.2 Å². The summed E-state index contributed by atoms with van der Waals surface area (Å²) < 4.78 is 16.1. The zero-order valence-corrected chi connectivity index (χ0v) is 15.2. The minimum absolute atomic E-state index is 0.0605. The van der Waals surface area contributed by atoms with E-state index in [4.69, 9.17) is 13.3 Å². The summed E-state index contributed by atoms with van der Waals surface area (Å²) in [6.45, 7) is 1.99. The lowest BCUT2D eigenvalue weighted by atomic mass is 10.1. The Morgan fingerprint density at radius 2 is 1.82 bits per heavy atom. The molecule has 0 heterocycles. The van der Waals surface area contributed by atoms with Gasteiger partial charge in [0.2, 0.25) is 0 Å². The van der Waals surface area contributed by atoms with Crippen LogP contribution < -0.4 is 0 Å². The van der Waals surface area contributed by atoms with E-state index >= 15 is 0 Å². The maximum atomic E-state index is 11.1. The zero-order valence-electron chi connectivity index (χ0n) is 13.4. The zero-order chi connectivity index (χ0) is 16.6. The van der Waals surface area contributed by atoms with Crippen LogP contribution in [0.1, 0.15) is 24.2 Å². The largest absolute Gasteiger partial charge is 0.500 e. The second-order valence-corrected chi connectivity index (χ2v) is 9.27. The van der Waals surface area contributed by atoms with E-state index in [2.05, 4.69) is 0 Å². The normalized spacial score (nSPS) is 13.1. The van der Waals surface area contributed by atoms with Crippen molar-refractivity contribution in [2.75, 3.05) is 27.1 Å². The van der Waals surface area contributed by atoms with E-state index < -0.39 is 8.80 Å². The fraction of sp³-hybridized carbons (Fsp3) is 0.571. The van der Waals surface area contributed by atoms with E-state index in [-0.39, 0.29) is 15.9 Å². The van der Waals surface area contributed by atoms with Gasteiger partial charge in [0, 0.05) is 44.3 Å². The molecule has 1 atom stereocenters. The molecule has 1 unspecified atom stereocenters. The highest BCUT2D eigenvalue weighted by Crippen LogP contribution is 2.35. The van der Waals surface area contributed by atoms with Gasteiger partial charge in [-0.25, -0.2) is 0 Å². The van der Waals surface area contributed by atoms with Crippen LogP contribution in [-0.2, 0) is 13.3 Å². The predicted molar refractivity (Wildman–Crippen MR) is 90.2 cm³/mol. The van der Waals surface area contributed by atoms with Gasteiger partial charge < -0.3 is 13.3 Å². The summed E-state index contributed by atoms with van der Waals surface area (Å²) >= 11 is 1.68. The second-order valence-electron chi connectivity index (χ2n) is 4.73. The van der Waals surface area contributed by atoms with E-state index in [1.165, 1.54) is 0 Å². The molecule has 124 valence electrons. The first-order valence-electron chi connectivity index (χ1n) is 7.00. The Morgan fingerprint density at radius 1 is 1.23 bits per heavy atom. The third-order valence-electron chi connectivity index (χ3n) is 3.50. The summed E-state index contributed by atoms with van der Waals surface area (Å²) in [5.74, 6) is 0.859. The Hall–Kier alpha value is -0.933. The molecular formula is C14H23NO5SSi. The molecular weight excluding hydrogens is 322 g/mol. The summed E-state index contributed by atoms with van der Waals surface area (Å²) in [6, 6.07) is 7.61. The Morgan fingerprint density at radius 3 is 2.36 bits per heavy atom. The van der Waals surface area contributed by atoms with E-state index in [0.29, 0.717) is 0 Å². The highest BCUT2D eigenvalue weighted by Gasteiger charge is 2.36. The van der Waals surface area contributed by atoms with Gasteiger partial charge in [-0.15, -0.1) is 0 Å². The van der Waals surface area contributed by atoms with Gasteiger partial charge in [-0.3, -0.25) is 10.1 Å². The van der Waals surface area contributed by atoms with Gasteiger partial charge in [-0.2, -0.15) is 11.8 Å². The average molecular weight is 345 g/mol. The Kier molecular flexibility index (Phi) is 8.05. The highest BCUT2D eigenvalue weighted by atomic mass is 32.2. The van der Waals surface area contributed by atoms with Gasteiger partial charge in [0.1, 0.15) is 0 Å². The minimum Gasteiger partial charge on any atom is -0.377 e. The first kappa shape index (κ1) is 19.1. The highest BCUT2D eigenvalue weighted by molar-refractivity contribution is 7.99. The van der Waals surface area contributed by atoms with E-state index in [1.807, 2.05) is 19.1 Å².